The van der Waals surface area contributed by atoms with Crippen molar-refractivity contribution in [3.63, 3.8) is 0 Å². The van der Waals surface area contributed by atoms with Crippen LogP contribution in [0.4, 0.5) is 0 Å². The predicted octanol–water partition coefficient (Wildman–Crippen LogP) is 1.04. The van der Waals surface area contributed by atoms with Crippen molar-refractivity contribution in [2.45, 2.75) is 17.7 Å². The molecule has 26 heavy (non-hydrogen) atoms. The standard InChI is InChI=1S/C17H22ClN3O4S/c18-15-2-1-3-16(12-15)26(24,25)21-6-4-14(5-7-21)17(23)20-10-8-19(13-22)9-11-20/h1-3,12-14H,4-11H2. The molecule has 1 aromatic rings. The Hall–Kier alpha value is -1.64. The number of amides is 2. The first kappa shape index (κ1) is 19.1. The third-order valence-electron chi connectivity index (χ3n) is 5.01. The van der Waals surface area contributed by atoms with Crippen LogP contribution in [0, 0.1) is 5.92 Å². The molecule has 2 saturated heterocycles. The maximum absolute atomic E-state index is 12.7. The Morgan fingerprint density at radius 1 is 1.08 bits per heavy atom. The van der Waals surface area contributed by atoms with Gasteiger partial charge in [-0.2, -0.15) is 4.31 Å². The fourth-order valence-corrected chi connectivity index (χ4v) is 5.20. The lowest BCUT2D eigenvalue weighted by atomic mass is 9.96. The van der Waals surface area contributed by atoms with Gasteiger partial charge in [-0.15, -0.1) is 0 Å². The Kier molecular flexibility index (Phi) is 5.84. The van der Waals surface area contributed by atoms with Gasteiger partial charge in [0.05, 0.1) is 4.90 Å². The number of carbonyl (C=O) groups excluding carboxylic acids is 2. The second kappa shape index (κ2) is 7.94. The highest BCUT2D eigenvalue weighted by Crippen LogP contribution is 2.26. The highest BCUT2D eigenvalue weighted by atomic mass is 35.5. The highest BCUT2D eigenvalue weighted by Gasteiger charge is 2.34. The first-order valence-corrected chi connectivity index (χ1v) is 10.5. The molecule has 0 radical (unpaired) electrons. The van der Waals surface area contributed by atoms with Crippen molar-refractivity contribution < 1.29 is 18.0 Å². The van der Waals surface area contributed by atoms with Crippen LogP contribution >= 0.6 is 11.6 Å². The van der Waals surface area contributed by atoms with Gasteiger partial charge in [-0.25, -0.2) is 8.42 Å². The van der Waals surface area contributed by atoms with Crippen molar-refractivity contribution in [1.82, 2.24) is 14.1 Å². The van der Waals surface area contributed by atoms with Gasteiger partial charge in [0.1, 0.15) is 0 Å². The van der Waals surface area contributed by atoms with E-state index >= 15 is 0 Å². The lowest BCUT2D eigenvalue weighted by molar-refractivity contribution is -0.140. The summed E-state index contributed by atoms with van der Waals surface area (Å²) >= 11 is 5.90. The molecule has 9 heteroatoms. The van der Waals surface area contributed by atoms with Gasteiger partial charge < -0.3 is 9.80 Å². The van der Waals surface area contributed by atoms with Gasteiger partial charge in [-0.1, -0.05) is 17.7 Å². The summed E-state index contributed by atoms with van der Waals surface area (Å²) in [6.07, 6.45) is 1.82. The van der Waals surface area contributed by atoms with Gasteiger partial charge in [0.25, 0.3) is 0 Å². The molecule has 0 aliphatic carbocycles. The number of benzene rings is 1. The van der Waals surface area contributed by atoms with Crippen LogP contribution in [0.2, 0.25) is 5.02 Å². The normalized spacial score (nSPS) is 20.2. The van der Waals surface area contributed by atoms with E-state index in [1.807, 2.05) is 0 Å². The van der Waals surface area contributed by atoms with Crippen molar-refractivity contribution in [2.75, 3.05) is 39.3 Å². The Bertz CT molecular complexity index is 770. The zero-order valence-corrected chi connectivity index (χ0v) is 16.0. The summed E-state index contributed by atoms with van der Waals surface area (Å²) in [7, 11) is -3.59. The van der Waals surface area contributed by atoms with Gasteiger partial charge >= 0.3 is 0 Å². The SMILES string of the molecule is O=CN1CCN(C(=O)C2CCN(S(=O)(=O)c3cccc(Cl)c3)CC2)CC1. The van der Waals surface area contributed by atoms with E-state index in [0.29, 0.717) is 57.1 Å². The molecule has 2 aliphatic rings. The molecule has 0 N–H and O–H groups in total. The number of hydrogen-bond acceptors (Lipinski definition) is 4. The molecular formula is C17H22ClN3O4S. The molecule has 2 fully saturated rings. The molecule has 0 unspecified atom stereocenters. The van der Waals surface area contributed by atoms with Crippen LogP contribution in [0.25, 0.3) is 0 Å². The largest absolute Gasteiger partial charge is 0.342 e. The van der Waals surface area contributed by atoms with Crippen LogP contribution in [0.15, 0.2) is 29.2 Å². The second-order valence-electron chi connectivity index (χ2n) is 6.60. The summed E-state index contributed by atoms with van der Waals surface area (Å²) in [6, 6.07) is 6.23. The van der Waals surface area contributed by atoms with Crippen LogP contribution in [0.5, 0.6) is 0 Å². The fraction of sp³-hybridized carbons (Fsp3) is 0.529. The molecule has 1 aromatic carbocycles. The van der Waals surface area contributed by atoms with E-state index in [0.717, 1.165) is 6.41 Å². The van der Waals surface area contributed by atoms with Crippen LogP contribution in [-0.2, 0) is 19.6 Å². The highest BCUT2D eigenvalue weighted by molar-refractivity contribution is 7.89. The predicted molar refractivity (Wildman–Crippen MR) is 97.2 cm³/mol. The molecule has 0 bridgehead atoms. The number of halogens is 1. The van der Waals surface area contributed by atoms with Crippen LogP contribution < -0.4 is 0 Å². The topological polar surface area (TPSA) is 78.0 Å². The Morgan fingerprint density at radius 3 is 2.31 bits per heavy atom. The van der Waals surface area contributed by atoms with Gasteiger partial charge in [0.15, 0.2) is 0 Å². The van der Waals surface area contributed by atoms with Crippen molar-refractivity contribution in [2.24, 2.45) is 5.92 Å². The third kappa shape index (κ3) is 4.02. The maximum Gasteiger partial charge on any atom is 0.243 e. The summed E-state index contributed by atoms with van der Waals surface area (Å²) in [5, 5.41) is 0.380. The van der Waals surface area contributed by atoms with Crippen molar-refractivity contribution >= 4 is 33.9 Å². The minimum Gasteiger partial charge on any atom is -0.342 e. The molecular weight excluding hydrogens is 378 g/mol. The molecule has 0 saturated carbocycles. The van der Waals surface area contributed by atoms with Gasteiger partial charge in [0, 0.05) is 50.2 Å². The van der Waals surface area contributed by atoms with E-state index in [4.69, 9.17) is 11.6 Å². The van der Waals surface area contributed by atoms with Gasteiger partial charge in [-0.05, 0) is 31.0 Å². The van der Waals surface area contributed by atoms with E-state index < -0.39 is 10.0 Å². The van der Waals surface area contributed by atoms with E-state index in [9.17, 15) is 18.0 Å². The number of piperazine rings is 1. The number of nitrogens with zero attached hydrogens (tertiary/aromatic N) is 3. The average Bonchev–Trinajstić information content (AvgIpc) is 2.67. The summed E-state index contributed by atoms with van der Waals surface area (Å²) in [6.45, 7) is 2.82. The summed E-state index contributed by atoms with van der Waals surface area (Å²) in [5.74, 6) is -0.0982. The van der Waals surface area contributed by atoms with Crippen molar-refractivity contribution in [3.8, 4) is 0 Å². The molecule has 7 nitrogen and oxygen atoms in total. The second-order valence-corrected chi connectivity index (χ2v) is 8.98. The monoisotopic (exact) mass is 399 g/mol. The van der Waals surface area contributed by atoms with Crippen LogP contribution in [0.1, 0.15) is 12.8 Å². The smallest absolute Gasteiger partial charge is 0.243 e. The number of hydrogen-bond donors (Lipinski definition) is 0. The number of piperidine rings is 1. The molecule has 2 aliphatic heterocycles. The summed E-state index contributed by atoms with van der Waals surface area (Å²) in [5.41, 5.74) is 0. The maximum atomic E-state index is 12.7. The number of sulfonamides is 1. The van der Waals surface area contributed by atoms with Gasteiger partial charge in [-0.3, -0.25) is 9.59 Å². The molecule has 2 amide bonds. The molecule has 3 rings (SSSR count). The minimum absolute atomic E-state index is 0.0651. The summed E-state index contributed by atoms with van der Waals surface area (Å²) in [4.78, 5) is 27.0. The van der Waals surface area contributed by atoms with Crippen molar-refractivity contribution in [1.29, 1.82) is 0 Å². The first-order chi connectivity index (χ1) is 12.4. The van der Waals surface area contributed by atoms with Crippen LogP contribution in [-0.4, -0.2) is 74.1 Å². The zero-order chi connectivity index (χ0) is 18.7. The molecule has 0 atom stereocenters. The minimum atomic E-state index is -3.59. The van der Waals surface area contributed by atoms with Gasteiger partial charge in [0.2, 0.25) is 22.3 Å². The Morgan fingerprint density at radius 2 is 1.73 bits per heavy atom. The van der Waals surface area contributed by atoms with E-state index in [1.165, 1.54) is 16.4 Å². The van der Waals surface area contributed by atoms with Crippen LogP contribution in [0.3, 0.4) is 0 Å². The molecule has 0 aromatic heterocycles. The number of rotatable bonds is 4. The third-order valence-corrected chi connectivity index (χ3v) is 7.14. The first-order valence-electron chi connectivity index (χ1n) is 8.65. The Balaban J connectivity index is 1.59. The Labute approximate surface area is 158 Å². The molecule has 0 spiro atoms. The van der Waals surface area contributed by atoms with E-state index in [-0.39, 0.29) is 16.7 Å². The van der Waals surface area contributed by atoms with E-state index in [1.54, 1.807) is 21.9 Å². The zero-order valence-electron chi connectivity index (χ0n) is 14.4. The van der Waals surface area contributed by atoms with Crippen molar-refractivity contribution in [3.05, 3.63) is 29.3 Å². The van der Waals surface area contributed by atoms with E-state index in [2.05, 4.69) is 0 Å². The summed E-state index contributed by atoms with van der Waals surface area (Å²) < 4.78 is 26.9. The molecule has 142 valence electrons. The number of carbonyl (C=O) groups is 2. The molecule has 2 heterocycles. The quantitative estimate of drug-likeness (QED) is 0.709. The lowest BCUT2D eigenvalue weighted by Crippen LogP contribution is -2.51. The fourth-order valence-electron chi connectivity index (χ4n) is 3.43. The average molecular weight is 400 g/mol. The lowest BCUT2D eigenvalue weighted by Gasteiger charge is -2.37.